The highest BCUT2D eigenvalue weighted by Gasteiger charge is 2.32. The Kier molecular flexibility index (Phi) is 6.91. The molecule has 1 N–H and O–H groups in total. The first-order valence-electron chi connectivity index (χ1n) is 11.4. The second-order valence-electron chi connectivity index (χ2n) is 8.70. The van der Waals surface area contributed by atoms with Crippen LogP contribution in [0, 0.1) is 5.92 Å². The Morgan fingerprint density at radius 2 is 1.55 bits per heavy atom. The predicted molar refractivity (Wildman–Crippen MR) is 120 cm³/mol. The molecule has 2 aliphatic rings. The molecule has 0 radical (unpaired) electrons. The molecule has 33 heavy (non-hydrogen) atoms. The zero-order valence-corrected chi connectivity index (χ0v) is 18.4. The molecule has 0 aromatic heterocycles. The number of alkyl halides is 3. The van der Waals surface area contributed by atoms with E-state index in [2.05, 4.69) is 5.32 Å². The molecule has 5 nitrogen and oxygen atoms in total. The fraction of sp³-hybridized carbons (Fsp3) is 0.440. The van der Waals surface area contributed by atoms with E-state index in [1.807, 2.05) is 4.90 Å². The fourth-order valence-corrected chi connectivity index (χ4v) is 4.58. The third-order valence-corrected chi connectivity index (χ3v) is 6.43. The van der Waals surface area contributed by atoms with Gasteiger partial charge in [-0.2, -0.15) is 13.2 Å². The first-order valence-corrected chi connectivity index (χ1v) is 11.4. The molecule has 0 saturated carbocycles. The Morgan fingerprint density at radius 1 is 0.848 bits per heavy atom. The number of nitrogens with one attached hydrogen (secondary N) is 1. The summed E-state index contributed by atoms with van der Waals surface area (Å²) in [7, 11) is 0. The normalized spacial score (nSPS) is 17.7. The lowest BCUT2D eigenvalue weighted by atomic mass is 9.94. The summed E-state index contributed by atoms with van der Waals surface area (Å²) in [5.41, 5.74) is 0.358. The maximum Gasteiger partial charge on any atom is 0.416 e. The first-order chi connectivity index (χ1) is 15.8. The number of nitrogens with zero attached hydrogens (tertiary/aromatic N) is 2. The number of carbonyl (C=O) groups excluding carboxylic acids is 2. The number of hydrogen-bond acceptors (Lipinski definition) is 3. The van der Waals surface area contributed by atoms with Crippen LogP contribution in [-0.2, 0) is 11.0 Å². The third kappa shape index (κ3) is 5.49. The van der Waals surface area contributed by atoms with E-state index in [1.54, 1.807) is 29.2 Å². The van der Waals surface area contributed by atoms with Gasteiger partial charge in [0.1, 0.15) is 0 Å². The Hall–Kier alpha value is -3.03. The van der Waals surface area contributed by atoms with Crippen molar-refractivity contribution in [2.75, 3.05) is 31.5 Å². The first kappa shape index (κ1) is 23.1. The quantitative estimate of drug-likeness (QED) is 0.674. The van der Waals surface area contributed by atoms with Crippen molar-refractivity contribution in [1.82, 2.24) is 9.80 Å². The zero-order chi connectivity index (χ0) is 23.4. The van der Waals surface area contributed by atoms with Gasteiger partial charge in [-0.05, 0) is 62.4 Å². The van der Waals surface area contributed by atoms with Gasteiger partial charge in [-0.1, -0.05) is 18.2 Å². The van der Waals surface area contributed by atoms with Gasteiger partial charge in [0.25, 0.3) is 5.91 Å². The van der Waals surface area contributed by atoms with Crippen LogP contribution in [0.3, 0.4) is 0 Å². The van der Waals surface area contributed by atoms with Gasteiger partial charge in [0.05, 0.1) is 16.8 Å². The molecule has 2 aromatic rings. The Labute approximate surface area is 191 Å². The molecule has 2 amide bonds. The number of hydrogen-bond donors (Lipinski definition) is 1. The second kappa shape index (κ2) is 9.85. The minimum atomic E-state index is -4.44. The van der Waals surface area contributed by atoms with Crippen LogP contribution in [0.15, 0.2) is 48.5 Å². The number of likely N-dealkylation sites (tertiary alicyclic amines) is 2. The number of amides is 2. The monoisotopic (exact) mass is 459 g/mol. The van der Waals surface area contributed by atoms with Crippen LogP contribution in [0.5, 0.6) is 0 Å². The predicted octanol–water partition coefficient (Wildman–Crippen LogP) is 5.31. The van der Waals surface area contributed by atoms with Crippen molar-refractivity contribution in [3.8, 4) is 0 Å². The molecule has 0 spiro atoms. The van der Waals surface area contributed by atoms with Crippen LogP contribution in [0.1, 0.15) is 48.0 Å². The maximum atomic E-state index is 13.2. The van der Waals surface area contributed by atoms with Gasteiger partial charge in [0, 0.05) is 37.8 Å². The van der Waals surface area contributed by atoms with E-state index >= 15 is 0 Å². The van der Waals surface area contributed by atoms with Crippen molar-refractivity contribution >= 4 is 23.2 Å². The highest BCUT2D eigenvalue weighted by atomic mass is 19.4. The third-order valence-electron chi connectivity index (χ3n) is 6.43. The van der Waals surface area contributed by atoms with Crippen LogP contribution in [-0.4, -0.2) is 47.8 Å². The summed E-state index contributed by atoms with van der Waals surface area (Å²) in [6, 6.07) is 11.7. The van der Waals surface area contributed by atoms with Crippen LogP contribution in [0.4, 0.5) is 24.5 Å². The number of anilines is 2. The van der Waals surface area contributed by atoms with E-state index in [0.29, 0.717) is 37.2 Å². The molecule has 8 heteroatoms. The van der Waals surface area contributed by atoms with Crippen molar-refractivity contribution in [1.29, 1.82) is 0 Å². The average molecular weight is 460 g/mol. The largest absolute Gasteiger partial charge is 0.416 e. The summed E-state index contributed by atoms with van der Waals surface area (Å²) in [5.74, 6) is -0.0343. The molecule has 2 heterocycles. The van der Waals surface area contributed by atoms with Crippen molar-refractivity contribution < 1.29 is 22.8 Å². The summed E-state index contributed by atoms with van der Waals surface area (Å²) in [4.78, 5) is 29.7. The number of rotatable bonds is 4. The summed E-state index contributed by atoms with van der Waals surface area (Å²) >= 11 is 0. The molecule has 0 aliphatic carbocycles. The smallest absolute Gasteiger partial charge is 0.355 e. The average Bonchev–Trinajstić information content (AvgIpc) is 2.84. The molecule has 176 valence electrons. The van der Waals surface area contributed by atoms with Crippen molar-refractivity contribution in [3.05, 3.63) is 59.7 Å². The molecular formula is C25H28F3N3O2. The fourth-order valence-electron chi connectivity index (χ4n) is 4.58. The summed E-state index contributed by atoms with van der Waals surface area (Å²) in [6.07, 6.45) is 0.0970. The van der Waals surface area contributed by atoms with Gasteiger partial charge in [0.2, 0.25) is 5.91 Å². The van der Waals surface area contributed by atoms with Gasteiger partial charge < -0.3 is 15.1 Å². The van der Waals surface area contributed by atoms with Crippen molar-refractivity contribution in [2.45, 2.75) is 38.3 Å². The molecule has 0 bridgehead atoms. The Bertz CT molecular complexity index is 994. The van der Waals surface area contributed by atoms with Gasteiger partial charge in [0.15, 0.2) is 0 Å². The SMILES string of the molecule is O=C(c1ccccc1Nc1cccc(C(F)(F)F)c1)N1CCC(C(=O)N2CCCCC2)CC1. The second-order valence-corrected chi connectivity index (χ2v) is 8.70. The molecule has 2 aliphatic heterocycles. The highest BCUT2D eigenvalue weighted by Crippen LogP contribution is 2.32. The standard InChI is InChI=1S/C25H28F3N3O2/c26-25(27,28)19-7-6-8-20(17-19)29-22-10-3-2-9-21(22)24(33)31-15-11-18(12-16-31)23(32)30-13-4-1-5-14-30/h2-3,6-10,17-18,29H,1,4-5,11-16H2. The minimum absolute atomic E-state index is 0.0503. The molecular weight excluding hydrogens is 431 g/mol. The van der Waals surface area contributed by atoms with Crippen molar-refractivity contribution in [2.24, 2.45) is 5.92 Å². The van der Waals surface area contributed by atoms with E-state index in [9.17, 15) is 22.8 Å². The minimum Gasteiger partial charge on any atom is -0.355 e. The molecule has 4 rings (SSSR count). The zero-order valence-electron chi connectivity index (χ0n) is 18.4. The van der Waals surface area contributed by atoms with E-state index in [4.69, 9.17) is 0 Å². The van der Waals surface area contributed by atoms with E-state index in [0.717, 1.165) is 38.1 Å². The van der Waals surface area contributed by atoms with E-state index in [1.165, 1.54) is 18.6 Å². The number of carbonyl (C=O) groups is 2. The maximum absolute atomic E-state index is 13.2. The van der Waals surface area contributed by atoms with Gasteiger partial charge >= 0.3 is 6.18 Å². The van der Waals surface area contributed by atoms with Crippen LogP contribution in [0.25, 0.3) is 0 Å². The van der Waals surface area contributed by atoms with Crippen LogP contribution >= 0.6 is 0 Å². The number of piperidine rings is 2. The number of benzene rings is 2. The number of halogens is 3. The van der Waals surface area contributed by atoms with Gasteiger partial charge in [-0.15, -0.1) is 0 Å². The summed E-state index contributed by atoms with van der Waals surface area (Å²) in [6.45, 7) is 2.63. The molecule has 2 aromatic carbocycles. The summed E-state index contributed by atoms with van der Waals surface area (Å²) < 4.78 is 39.1. The Balaban J connectivity index is 1.42. The van der Waals surface area contributed by atoms with Crippen LogP contribution in [0.2, 0.25) is 0 Å². The number of para-hydroxylation sites is 1. The molecule has 2 fully saturated rings. The highest BCUT2D eigenvalue weighted by molar-refractivity contribution is 6.00. The lowest BCUT2D eigenvalue weighted by molar-refractivity contribution is -0.138. The lowest BCUT2D eigenvalue weighted by Crippen LogP contribution is -2.45. The Morgan fingerprint density at radius 3 is 2.24 bits per heavy atom. The van der Waals surface area contributed by atoms with Gasteiger partial charge in [-0.3, -0.25) is 9.59 Å². The molecule has 0 atom stereocenters. The lowest BCUT2D eigenvalue weighted by Gasteiger charge is -2.35. The van der Waals surface area contributed by atoms with Crippen molar-refractivity contribution in [3.63, 3.8) is 0 Å². The molecule has 2 saturated heterocycles. The topological polar surface area (TPSA) is 52.7 Å². The van der Waals surface area contributed by atoms with Gasteiger partial charge in [-0.25, -0.2) is 0 Å². The van der Waals surface area contributed by atoms with E-state index < -0.39 is 11.7 Å². The van der Waals surface area contributed by atoms with E-state index in [-0.39, 0.29) is 23.4 Å². The molecule has 0 unspecified atom stereocenters. The van der Waals surface area contributed by atoms with Crippen LogP contribution < -0.4 is 5.32 Å². The summed E-state index contributed by atoms with van der Waals surface area (Å²) in [5, 5.41) is 2.97.